The van der Waals surface area contributed by atoms with E-state index < -0.39 is 0 Å². The molecule has 2 heteroatoms. The van der Waals surface area contributed by atoms with Gasteiger partial charge in [-0.25, -0.2) is 0 Å². The van der Waals surface area contributed by atoms with Gasteiger partial charge < -0.3 is 10.4 Å². The van der Waals surface area contributed by atoms with Gasteiger partial charge in [0.05, 0.1) is 0 Å². The van der Waals surface area contributed by atoms with Crippen LogP contribution in [0, 0.1) is 0 Å². The Morgan fingerprint density at radius 1 is 1.20 bits per heavy atom. The van der Waals surface area contributed by atoms with E-state index in [1.165, 1.54) is 5.56 Å². The van der Waals surface area contributed by atoms with Crippen LogP contribution in [0.3, 0.4) is 0 Å². The third-order valence-electron chi connectivity index (χ3n) is 2.98. The van der Waals surface area contributed by atoms with E-state index in [-0.39, 0.29) is 0 Å². The van der Waals surface area contributed by atoms with Crippen LogP contribution in [0.1, 0.15) is 43.5 Å². The van der Waals surface area contributed by atoms with Crippen LogP contribution in [0.4, 0.5) is 0 Å². The molecule has 0 saturated heterocycles. The van der Waals surface area contributed by atoms with Crippen molar-refractivity contribution in [3.05, 3.63) is 28.8 Å². The molecule has 1 rings (SSSR count). The largest absolute Gasteiger partial charge is 0.507 e. The summed E-state index contributed by atoms with van der Waals surface area (Å²) in [5.41, 5.74) is 3.35. The van der Waals surface area contributed by atoms with Gasteiger partial charge in [-0.15, -0.1) is 0 Å². The van der Waals surface area contributed by atoms with Crippen LogP contribution in [-0.2, 0) is 12.8 Å². The lowest BCUT2D eigenvalue weighted by Crippen LogP contribution is -2.13. The molecular formula is C13H21NO. The molecule has 84 valence electrons. The molecule has 15 heavy (non-hydrogen) atoms. The molecule has 0 saturated carbocycles. The normalized spacial score (nSPS) is 12.8. The highest BCUT2D eigenvalue weighted by Crippen LogP contribution is 2.28. The lowest BCUT2D eigenvalue weighted by atomic mass is 9.97. The van der Waals surface area contributed by atoms with Crippen molar-refractivity contribution in [2.75, 3.05) is 7.05 Å². The van der Waals surface area contributed by atoms with E-state index in [1.807, 2.05) is 7.05 Å². The summed E-state index contributed by atoms with van der Waals surface area (Å²) < 4.78 is 0. The van der Waals surface area contributed by atoms with Gasteiger partial charge in [0.25, 0.3) is 0 Å². The Morgan fingerprint density at radius 2 is 1.67 bits per heavy atom. The van der Waals surface area contributed by atoms with Gasteiger partial charge in [0.15, 0.2) is 0 Å². The summed E-state index contributed by atoms with van der Waals surface area (Å²) in [6, 6.07) is 4.52. The van der Waals surface area contributed by atoms with Crippen LogP contribution in [0.5, 0.6) is 5.75 Å². The van der Waals surface area contributed by atoms with Gasteiger partial charge in [-0.05, 0) is 43.5 Å². The van der Waals surface area contributed by atoms with Crippen molar-refractivity contribution < 1.29 is 5.11 Å². The first-order chi connectivity index (χ1) is 7.13. The smallest absolute Gasteiger partial charge is 0.121 e. The summed E-state index contributed by atoms with van der Waals surface area (Å²) in [5.74, 6) is 0.479. The zero-order valence-corrected chi connectivity index (χ0v) is 10.1. The predicted octanol–water partition coefficient (Wildman–Crippen LogP) is 2.80. The highest BCUT2D eigenvalue weighted by Gasteiger charge is 2.10. The van der Waals surface area contributed by atoms with Crippen LogP contribution in [0.15, 0.2) is 12.1 Å². The molecule has 0 aliphatic heterocycles. The molecule has 0 aliphatic carbocycles. The quantitative estimate of drug-likeness (QED) is 0.795. The maximum atomic E-state index is 9.95. The number of rotatable bonds is 4. The fraction of sp³-hybridized carbons (Fsp3) is 0.538. The van der Waals surface area contributed by atoms with Crippen molar-refractivity contribution in [2.45, 2.75) is 39.7 Å². The molecule has 2 N–H and O–H groups in total. The SMILES string of the molecule is CCc1cc(C(C)NC)cc(CC)c1O. The maximum absolute atomic E-state index is 9.95. The molecule has 0 heterocycles. The minimum atomic E-state index is 0.334. The molecule has 1 atom stereocenters. The number of hydrogen-bond donors (Lipinski definition) is 2. The minimum absolute atomic E-state index is 0.334. The fourth-order valence-electron chi connectivity index (χ4n) is 1.74. The summed E-state index contributed by atoms with van der Waals surface area (Å²) in [6.07, 6.45) is 1.76. The standard InChI is InChI=1S/C13H21NO/c1-5-10-7-12(9(3)14-4)8-11(6-2)13(10)15/h7-9,14-15H,5-6H2,1-4H3. The number of phenolic OH excluding ortho intramolecular Hbond substituents is 1. The maximum Gasteiger partial charge on any atom is 0.121 e. The molecule has 0 radical (unpaired) electrons. The van der Waals surface area contributed by atoms with Gasteiger partial charge in [-0.2, -0.15) is 0 Å². The van der Waals surface area contributed by atoms with Crippen molar-refractivity contribution in [1.82, 2.24) is 5.32 Å². The van der Waals surface area contributed by atoms with Crippen molar-refractivity contribution >= 4 is 0 Å². The second-order valence-electron chi connectivity index (χ2n) is 3.91. The van der Waals surface area contributed by atoms with Crippen LogP contribution in [-0.4, -0.2) is 12.2 Å². The summed E-state index contributed by atoms with van der Waals surface area (Å²) in [6.45, 7) is 6.27. The molecule has 0 amide bonds. The van der Waals surface area contributed by atoms with E-state index in [2.05, 4.69) is 38.2 Å². The van der Waals surface area contributed by atoms with Gasteiger partial charge in [0, 0.05) is 6.04 Å². The monoisotopic (exact) mass is 207 g/mol. The van der Waals surface area contributed by atoms with Crippen molar-refractivity contribution in [2.24, 2.45) is 0 Å². The first-order valence-corrected chi connectivity index (χ1v) is 5.65. The Kier molecular flexibility index (Phi) is 4.15. The van der Waals surface area contributed by atoms with Gasteiger partial charge >= 0.3 is 0 Å². The number of hydrogen-bond acceptors (Lipinski definition) is 2. The predicted molar refractivity (Wildman–Crippen MR) is 64.3 cm³/mol. The second kappa shape index (κ2) is 5.17. The average molecular weight is 207 g/mol. The molecule has 0 bridgehead atoms. The molecule has 1 aromatic rings. The van der Waals surface area contributed by atoms with Gasteiger partial charge in [0.2, 0.25) is 0 Å². The molecule has 0 fully saturated rings. The number of benzene rings is 1. The van der Waals surface area contributed by atoms with E-state index >= 15 is 0 Å². The summed E-state index contributed by atoms with van der Waals surface area (Å²) in [7, 11) is 1.95. The third-order valence-corrected chi connectivity index (χ3v) is 2.98. The van der Waals surface area contributed by atoms with Crippen LogP contribution < -0.4 is 5.32 Å². The fourth-order valence-corrected chi connectivity index (χ4v) is 1.74. The Morgan fingerprint density at radius 3 is 2.00 bits per heavy atom. The number of aryl methyl sites for hydroxylation is 2. The lowest BCUT2D eigenvalue weighted by Gasteiger charge is -2.15. The van der Waals surface area contributed by atoms with Crippen molar-refractivity contribution in [1.29, 1.82) is 0 Å². The Hall–Kier alpha value is -1.02. The summed E-state index contributed by atoms with van der Waals surface area (Å²) >= 11 is 0. The molecular weight excluding hydrogens is 186 g/mol. The minimum Gasteiger partial charge on any atom is -0.507 e. The van der Waals surface area contributed by atoms with Gasteiger partial charge in [0.1, 0.15) is 5.75 Å². The van der Waals surface area contributed by atoms with Crippen LogP contribution in [0.25, 0.3) is 0 Å². The first kappa shape index (κ1) is 12.1. The molecule has 0 aliphatic rings. The molecule has 0 spiro atoms. The van der Waals surface area contributed by atoms with Gasteiger partial charge in [-0.1, -0.05) is 26.0 Å². The highest BCUT2D eigenvalue weighted by atomic mass is 16.3. The second-order valence-corrected chi connectivity index (χ2v) is 3.91. The first-order valence-electron chi connectivity index (χ1n) is 5.65. The number of phenols is 1. The molecule has 1 unspecified atom stereocenters. The van der Waals surface area contributed by atoms with Gasteiger partial charge in [-0.3, -0.25) is 0 Å². The van der Waals surface area contributed by atoms with E-state index in [1.54, 1.807) is 0 Å². The van der Waals surface area contributed by atoms with Crippen LogP contribution >= 0.6 is 0 Å². The van der Waals surface area contributed by atoms with E-state index in [0.29, 0.717) is 11.8 Å². The topological polar surface area (TPSA) is 32.3 Å². The summed E-state index contributed by atoms with van der Waals surface area (Å²) in [5, 5.41) is 13.2. The Bertz CT molecular complexity index is 308. The van der Waals surface area contributed by atoms with Crippen molar-refractivity contribution in [3.8, 4) is 5.75 Å². The third kappa shape index (κ3) is 2.51. The average Bonchev–Trinajstić information content (AvgIpc) is 2.28. The zero-order chi connectivity index (χ0) is 11.4. The molecule has 0 aromatic heterocycles. The molecule has 1 aromatic carbocycles. The van der Waals surface area contributed by atoms with E-state index in [9.17, 15) is 5.11 Å². The lowest BCUT2D eigenvalue weighted by molar-refractivity contribution is 0.461. The van der Waals surface area contributed by atoms with Crippen molar-refractivity contribution in [3.63, 3.8) is 0 Å². The Labute approximate surface area is 92.3 Å². The number of nitrogens with one attached hydrogen (secondary N) is 1. The number of aromatic hydroxyl groups is 1. The molecule has 2 nitrogen and oxygen atoms in total. The Balaban J connectivity index is 3.20. The van der Waals surface area contributed by atoms with E-state index in [0.717, 1.165) is 24.0 Å². The van der Waals surface area contributed by atoms with E-state index in [4.69, 9.17) is 0 Å². The zero-order valence-electron chi connectivity index (χ0n) is 10.1. The summed E-state index contributed by atoms with van der Waals surface area (Å²) in [4.78, 5) is 0. The van der Waals surface area contributed by atoms with Crippen LogP contribution in [0.2, 0.25) is 0 Å². The highest BCUT2D eigenvalue weighted by molar-refractivity contribution is 5.44.